The van der Waals surface area contributed by atoms with Gasteiger partial charge in [-0.25, -0.2) is 0 Å². The third kappa shape index (κ3) is 2.50. The minimum absolute atomic E-state index is 0.280. The summed E-state index contributed by atoms with van der Waals surface area (Å²) in [6.07, 6.45) is 0. The van der Waals surface area contributed by atoms with Crippen LogP contribution in [0.1, 0.15) is 11.7 Å². The Hall–Kier alpha value is -1.49. The number of phenols is 1. The topological polar surface area (TPSA) is 59.2 Å². The van der Waals surface area contributed by atoms with Crippen LogP contribution in [0.15, 0.2) is 33.7 Å². The Labute approximate surface area is 91.3 Å². The van der Waals surface area contributed by atoms with Gasteiger partial charge in [-0.2, -0.15) is 4.98 Å². The SMILES string of the molecule is Cc1nc(CSc2ccccc2O)no1. The van der Waals surface area contributed by atoms with Crippen molar-refractivity contribution in [3.63, 3.8) is 0 Å². The molecule has 1 heterocycles. The highest BCUT2D eigenvalue weighted by Gasteiger charge is 2.05. The molecule has 1 aromatic carbocycles. The van der Waals surface area contributed by atoms with Crippen LogP contribution in [0.2, 0.25) is 0 Å². The average Bonchev–Trinajstić information content (AvgIpc) is 2.63. The summed E-state index contributed by atoms with van der Waals surface area (Å²) in [4.78, 5) is 4.89. The molecule has 0 atom stereocenters. The van der Waals surface area contributed by atoms with Crippen molar-refractivity contribution in [3.05, 3.63) is 36.0 Å². The molecule has 0 saturated carbocycles. The lowest BCUT2D eigenvalue weighted by Crippen LogP contribution is -1.83. The first kappa shape index (κ1) is 10.0. The molecule has 0 radical (unpaired) electrons. The van der Waals surface area contributed by atoms with Crippen molar-refractivity contribution in [2.24, 2.45) is 0 Å². The van der Waals surface area contributed by atoms with Crippen LogP contribution in [0, 0.1) is 6.92 Å². The van der Waals surface area contributed by atoms with Gasteiger partial charge in [0.15, 0.2) is 5.82 Å². The van der Waals surface area contributed by atoms with Crippen molar-refractivity contribution in [1.29, 1.82) is 0 Å². The van der Waals surface area contributed by atoms with Crippen LogP contribution in [0.4, 0.5) is 0 Å². The van der Waals surface area contributed by atoms with E-state index in [1.54, 1.807) is 19.1 Å². The van der Waals surface area contributed by atoms with Gasteiger partial charge in [0.2, 0.25) is 5.89 Å². The summed E-state index contributed by atoms with van der Waals surface area (Å²) in [5.41, 5.74) is 0. The number of hydrogen-bond acceptors (Lipinski definition) is 5. The fraction of sp³-hybridized carbons (Fsp3) is 0.200. The van der Waals surface area contributed by atoms with E-state index in [4.69, 9.17) is 4.52 Å². The number of benzene rings is 1. The molecule has 4 nitrogen and oxygen atoms in total. The van der Waals surface area contributed by atoms with Gasteiger partial charge < -0.3 is 9.63 Å². The van der Waals surface area contributed by atoms with Crippen LogP contribution < -0.4 is 0 Å². The molecule has 15 heavy (non-hydrogen) atoms. The molecule has 0 unspecified atom stereocenters. The van der Waals surface area contributed by atoms with Crippen LogP contribution in [0.3, 0.4) is 0 Å². The Morgan fingerprint density at radius 2 is 2.20 bits per heavy atom. The monoisotopic (exact) mass is 222 g/mol. The zero-order valence-corrected chi connectivity index (χ0v) is 8.99. The molecular weight excluding hydrogens is 212 g/mol. The highest BCUT2D eigenvalue weighted by Crippen LogP contribution is 2.29. The predicted molar refractivity (Wildman–Crippen MR) is 56.7 cm³/mol. The Balaban J connectivity index is 2.02. The normalized spacial score (nSPS) is 10.5. The van der Waals surface area contributed by atoms with E-state index in [2.05, 4.69) is 10.1 Å². The van der Waals surface area contributed by atoms with E-state index in [0.717, 1.165) is 4.90 Å². The first-order valence-corrected chi connectivity index (χ1v) is 5.44. The van der Waals surface area contributed by atoms with Gasteiger partial charge >= 0.3 is 0 Å². The molecule has 0 bridgehead atoms. The average molecular weight is 222 g/mol. The number of rotatable bonds is 3. The van der Waals surface area contributed by atoms with Crippen molar-refractivity contribution in [1.82, 2.24) is 10.1 Å². The summed E-state index contributed by atoms with van der Waals surface area (Å²) in [5, 5.41) is 13.3. The molecule has 5 heteroatoms. The number of para-hydroxylation sites is 1. The van der Waals surface area contributed by atoms with Gasteiger partial charge in [0.1, 0.15) is 5.75 Å². The number of nitrogens with zero attached hydrogens (tertiary/aromatic N) is 2. The molecular formula is C10H10N2O2S. The number of hydrogen-bond donors (Lipinski definition) is 1. The Morgan fingerprint density at radius 3 is 2.87 bits per heavy atom. The molecule has 0 spiro atoms. The van der Waals surface area contributed by atoms with E-state index in [-0.39, 0.29) is 5.75 Å². The quantitative estimate of drug-likeness (QED) is 0.808. The van der Waals surface area contributed by atoms with Gasteiger partial charge in [-0.15, -0.1) is 11.8 Å². The molecule has 1 aromatic heterocycles. The maximum atomic E-state index is 9.51. The van der Waals surface area contributed by atoms with E-state index >= 15 is 0 Å². The number of aryl methyl sites for hydroxylation is 1. The standard InChI is InChI=1S/C10H10N2O2S/c1-7-11-10(12-14-7)6-15-9-5-3-2-4-8(9)13/h2-5,13H,6H2,1H3. The molecule has 2 aromatic rings. The smallest absolute Gasteiger partial charge is 0.223 e. The second kappa shape index (κ2) is 4.35. The zero-order valence-electron chi connectivity index (χ0n) is 8.17. The number of thioether (sulfide) groups is 1. The van der Waals surface area contributed by atoms with Gasteiger partial charge in [0.25, 0.3) is 0 Å². The third-order valence-electron chi connectivity index (χ3n) is 1.79. The van der Waals surface area contributed by atoms with Crippen molar-refractivity contribution in [3.8, 4) is 5.75 Å². The van der Waals surface area contributed by atoms with E-state index in [1.165, 1.54) is 11.8 Å². The minimum atomic E-state index is 0.280. The molecule has 1 N–H and O–H groups in total. The molecule has 0 saturated heterocycles. The fourth-order valence-electron chi connectivity index (χ4n) is 1.12. The zero-order chi connectivity index (χ0) is 10.7. The summed E-state index contributed by atoms with van der Waals surface area (Å²) in [7, 11) is 0. The largest absolute Gasteiger partial charge is 0.507 e. The predicted octanol–water partition coefficient (Wildman–Crippen LogP) is 2.38. The third-order valence-corrected chi connectivity index (χ3v) is 2.85. The van der Waals surface area contributed by atoms with Gasteiger partial charge in [-0.3, -0.25) is 0 Å². The summed E-state index contributed by atoms with van der Waals surface area (Å²) >= 11 is 1.48. The summed E-state index contributed by atoms with van der Waals surface area (Å²) in [6.45, 7) is 1.75. The lowest BCUT2D eigenvalue weighted by Gasteiger charge is -2.00. The molecule has 0 aliphatic heterocycles. The van der Waals surface area contributed by atoms with Crippen molar-refractivity contribution >= 4 is 11.8 Å². The minimum Gasteiger partial charge on any atom is -0.507 e. The van der Waals surface area contributed by atoms with Gasteiger partial charge in [0.05, 0.1) is 5.75 Å². The van der Waals surface area contributed by atoms with Crippen LogP contribution >= 0.6 is 11.8 Å². The van der Waals surface area contributed by atoms with Crippen molar-refractivity contribution in [2.45, 2.75) is 17.6 Å². The van der Waals surface area contributed by atoms with Gasteiger partial charge in [-0.05, 0) is 12.1 Å². The maximum absolute atomic E-state index is 9.51. The van der Waals surface area contributed by atoms with E-state index in [1.807, 2.05) is 12.1 Å². The summed E-state index contributed by atoms with van der Waals surface area (Å²) in [5.74, 6) is 2.07. The first-order valence-electron chi connectivity index (χ1n) is 4.45. The highest BCUT2D eigenvalue weighted by molar-refractivity contribution is 7.98. The molecule has 78 valence electrons. The fourth-order valence-corrected chi connectivity index (χ4v) is 1.91. The maximum Gasteiger partial charge on any atom is 0.223 e. The molecule has 0 amide bonds. The number of aromatic nitrogens is 2. The number of aromatic hydroxyl groups is 1. The van der Waals surface area contributed by atoms with Crippen LogP contribution in [0.25, 0.3) is 0 Å². The lowest BCUT2D eigenvalue weighted by molar-refractivity contribution is 0.389. The molecule has 0 aliphatic rings. The second-order valence-corrected chi connectivity index (χ2v) is 4.00. The summed E-state index contributed by atoms with van der Waals surface area (Å²) in [6, 6.07) is 7.18. The van der Waals surface area contributed by atoms with Crippen molar-refractivity contribution in [2.75, 3.05) is 0 Å². The lowest BCUT2D eigenvalue weighted by atomic mass is 10.3. The second-order valence-electron chi connectivity index (χ2n) is 2.99. The Bertz CT molecular complexity index is 456. The van der Waals surface area contributed by atoms with Gasteiger partial charge in [0, 0.05) is 11.8 Å². The Kier molecular flexibility index (Phi) is 2.91. The number of phenolic OH excluding ortho intramolecular Hbond substituents is 1. The molecule has 0 aliphatic carbocycles. The van der Waals surface area contributed by atoms with Crippen molar-refractivity contribution < 1.29 is 9.63 Å². The van der Waals surface area contributed by atoms with E-state index in [9.17, 15) is 5.11 Å². The van der Waals surface area contributed by atoms with Crippen LogP contribution in [-0.2, 0) is 5.75 Å². The first-order chi connectivity index (χ1) is 7.25. The molecule has 2 rings (SSSR count). The summed E-state index contributed by atoms with van der Waals surface area (Å²) < 4.78 is 4.85. The van der Waals surface area contributed by atoms with Crippen LogP contribution in [-0.4, -0.2) is 15.2 Å². The van der Waals surface area contributed by atoms with E-state index < -0.39 is 0 Å². The highest BCUT2D eigenvalue weighted by atomic mass is 32.2. The van der Waals surface area contributed by atoms with Crippen LogP contribution in [0.5, 0.6) is 5.75 Å². The van der Waals surface area contributed by atoms with E-state index in [0.29, 0.717) is 17.5 Å². The molecule has 0 fully saturated rings. The Morgan fingerprint density at radius 1 is 1.40 bits per heavy atom. The van der Waals surface area contributed by atoms with Gasteiger partial charge in [-0.1, -0.05) is 17.3 Å².